The molecular weight excluding hydrogens is 252 g/mol. The van der Waals surface area contributed by atoms with E-state index in [9.17, 15) is 13.5 Å². The molecule has 5 nitrogen and oxygen atoms in total. The number of aliphatic hydroxyl groups excluding tert-OH is 1. The van der Waals surface area contributed by atoms with Crippen molar-refractivity contribution in [1.82, 2.24) is 8.61 Å². The molecule has 1 unspecified atom stereocenters. The molecule has 0 aliphatic carbocycles. The number of unbranched alkanes of at least 4 members (excludes halogenated alkanes) is 1. The molecule has 1 rings (SSSR count). The van der Waals surface area contributed by atoms with E-state index in [0.29, 0.717) is 13.1 Å². The first-order chi connectivity index (χ1) is 8.54. The summed E-state index contributed by atoms with van der Waals surface area (Å²) in [4.78, 5) is 0. The van der Waals surface area contributed by atoms with E-state index in [0.717, 1.165) is 38.5 Å². The van der Waals surface area contributed by atoms with E-state index in [1.165, 1.54) is 8.61 Å². The molecule has 1 fully saturated rings. The molecule has 0 aromatic rings. The maximum Gasteiger partial charge on any atom is 0.282 e. The van der Waals surface area contributed by atoms with Crippen LogP contribution in [0.2, 0.25) is 0 Å². The number of hydrogen-bond acceptors (Lipinski definition) is 3. The molecule has 0 aromatic carbocycles. The Labute approximate surface area is 111 Å². The fraction of sp³-hybridized carbons (Fsp3) is 1.00. The van der Waals surface area contributed by atoms with Gasteiger partial charge >= 0.3 is 0 Å². The second-order valence-corrected chi connectivity index (χ2v) is 6.97. The topological polar surface area (TPSA) is 60.9 Å². The number of nitrogens with zero attached hydrogens (tertiary/aromatic N) is 2. The van der Waals surface area contributed by atoms with Crippen molar-refractivity contribution in [3.63, 3.8) is 0 Å². The largest absolute Gasteiger partial charge is 0.395 e. The van der Waals surface area contributed by atoms with Crippen molar-refractivity contribution < 1.29 is 13.5 Å². The van der Waals surface area contributed by atoms with E-state index in [1.807, 2.05) is 6.92 Å². The third kappa shape index (κ3) is 3.91. The number of aliphatic hydroxyl groups is 1. The van der Waals surface area contributed by atoms with Crippen LogP contribution in [0.4, 0.5) is 0 Å². The summed E-state index contributed by atoms with van der Waals surface area (Å²) >= 11 is 0. The van der Waals surface area contributed by atoms with Gasteiger partial charge in [0.05, 0.1) is 6.61 Å². The van der Waals surface area contributed by atoms with Gasteiger partial charge < -0.3 is 5.11 Å². The highest BCUT2D eigenvalue weighted by Gasteiger charge is 2.33. The lowest BCUT2D eigenvalue weighted by atomic mass is 10.1. The SMILES string of the molecule is CCCCN(C)S(=O)(=O)N1CCCCCC1CO. The van der Waals surface area contributed by atoms with Gasteiger partial charge in [-0.3, -0.25) is 0 Å². The number of hydrogen-bond donors (Lipinski definition) is 1. The van der Waals surface area contributed by atoms with E-state index in [-0.39, 0.29) is 12.6 Å². The summed E-state index contributed by atoms with van der Waals surface area (Å²) in [6, 6.07) is -0.249. The Hall–Kier alpha value is -0.170. The van der Waals surface area contributed by atoms with Crippen LogP contribution in [0.25, 0.3) is 0 Å². The van der Waals surface area contributed by atoms with Gasteiger partial charge in [-0.25, -0.2) is 0 Å². The average molecular weight is 278 g/mol. The van der Waals surface area contributed by atoms with E-state index in [2.05, 4.69) is 0 Å². The Morgan fingerprint density at radius 1 is 1.33 bits per heavy atom. The predicted molar refractivity (Wildman–Crippen MR) is 72.5 cm³/mol. The van der Waals surface area contributed by atoms with Crippen LogP contribution in [-0.2, 0) is 10.2 Å². The fourth-order valence-electron chi connectivity index (χ4n) is 2.31. The summed E-state index contributed by atoms with van der Waals surface area (Å²) in [6.45, 7) is 3.04. The van der Waals surface area contributed by atoms with Gasteiger partial charge in [0.2, 0.25) is 0 Å². The first kappa shape index (κ1) is 15.9. The van der Waals surface area contributed by atoms with Crippen LogP contribution >= 0.6 is 0 Å². The molecule has 1 saturated heterocycles. The lowest BCUT2D eigenvalue weighted by molar-refractivity contribution is 0.180. The van der Waals surface area contributed by atoms with Gasteiger partial charge in [-0.15, -0.1) is 0 Å². The summed E-state index contributed by atoms with van der Waals surface area (Å²) in [5, 5.41) is 9.38. The normalized spacial score (nSPS) is 23.2. The summed E-state index contributed by atoms with van der Waals surface area (Å²) < 4.78 is 27.8. The maximum absolute atomic E-state index is 12.5. The van der Waals surface area contributed by atoms with Crippen molar-refractivity contribution in [3.8, 4) is 0 Å². The van der Waals surface area contributed by atoms with Crippen molar-refractivity contribution in [2.75, 3.05) is 26.7 Å². The van der Waals surface area contributed by atoms with Gasteiger partial charge in [0.1, 0.15) is 0 Å². The third-order valence-corrected chi connectivity index (χ3v) is 5.59. The number of rotatable bonds is 6. The van der Waals surface area contributed by atoms with Crippen LogP contribution in [0.15, 0.2) is 0 Å². The first-order valence-corrected chi connectivity index (χ1v) is 8.27. The summed E-state index contributed by atoms with van der Waals surface area (Å²) in [7, 11) is -1.78. The molecule has 1 aliphatic heterocycles. The lowest BCUT2D eigenvalue weighted by Crippen LogP contribution is -2.48. The van der Waals surface area contributed by atoms with Crippen LogP contribution in [0.1, 0.15) is 45.4 Å². The fourth-order valence-corrected chi connectivity index (χ4v) is 3.94. The molecule has 108 valence electrons. The Morgan fingerprint density at radius 2 is 2.06 bits per heavy atom. The van der Waals surface area contributed by atoms with Crippen molar-refractivity contribution in [3.05, 3.63) is 0 Å². The Balaban J connectivity index is 2.79. The van der Waals surface area contributed by atoms with Gasteiger partial charge in [-0.1, -0.05) is 26.2 Å². The van der Waals surface area contributed by atoms with Crippen LogP contribution in [0.3, 0.4) is 0 Å². The second-order valence-electron chi connectivity index (χ2n) is 4.98. The smallest absolute Gasteiger partial charge is 0.282 e. The summed E-state index contributed by atoms with van der Waals surface area (Å²) in [6.07, 6.45) is 5.53. The van der Waals surface area contributed by atoms with E-state index < -0.39 is 10.2 Å². The van der Waals surface area contributed by atoms with E-state index in [1.54, 1.807) is 7.05 Å². The minimum absolute atomic E-state index is 0.0825. The highest BCUT2D eigenvalue weighted by atomic mass is 32.2. The molecule has 1 aliphatic rings. The highest BCUT2D eigenvalue weighted by Crippen LogP contribution is 2.21. The van der Waals surface area contributed by atoms with Crippen LogP contribution < -0.4 is 0 Å². The molecule has 0 aromatic heterocycles. The Kier molecular flexibility index (Phi) is 6.55. The van der Waals surface area contributed by atoms with Crippen LogP contribution in [-0.4, -0.2) is 54.9 Å². The van der Waals surface area contributed by atoms with Gasteiger partial charge in [-0.2, -0.15) is 17.0 Å². The first-order valence-electron chi connectivity index (χ1n) is 6.88. The molecule has 18 heavy (non-hydrogen) atoms. The Bertz CT molecular complexity index is 332. The molecule has 6 heteroatoms. The lowest BCUT2D eigenvalue weighted by Gasteiger charge is -2.31. The Morgan fingerprint density at radius 3 is 2.67 bits per heavy atom. The van der Waals surface area contributed by atoms with E-state index in [4.69, 9.17) is 0 Å². The molecule has 0 amide bonds. The van der Waals surface area contributed by atoms with Crippen LogP contribution in [0.5, 0.6) is 0 Å². The van der Waals surface area contributed by atoms with Crippen molar-refractivity contribution in [2.24, 2.45) is 0 Å². The highest BCUT2D eigenvalue weighted by molar-refractivity contribution is 7.86. The summed E-state index contributed by atoms with van der Waals surface area (Å²) in [5.74, 6) is 0. The summed E-state index contributed by atoms with van der Waals surface area (Å²) in [5.41, 5.74) is 0. The molecule has 0 spiro atoms. The van der Waals surface area contributed by atoms with Gasteiger partial charge in [0.25, 0.3) is 10.2 Å². The zero-order valence-corrected chi connectivity index (χ0v) is 12.3. The van der Waals surface area contributed by atoms with Gasteiger partial charge in [0, 0.05) is 26.2 Å². The molecule has 1 heterocycles. The molecular formula is C12H26N2O3S. The predicted octanol–water partition coefficient (Wildman–Crippen LogP) is 1.20. The molecule has 1 atom stereocenters. The molecule has 1 N–H and O–H groups in total. The zero-order valence-electron chi connectivity index (χ0n) is 11.5. The molecule has 0 radical (unpaired) electrons. The van der Waals surface area contributed by atoms with Gasteiger partial charge in [-0.05, 0) is 19.3 Å². The van der Waals surface area contributed by atoms with Crippen molar-refractivity contribution in [1.29, 1.82) is 0 Å². The third-order valence-electron chi connectivity index (χ3n) is 3.55. The average Bonchev–Trinajstić information content (AvgIpc) is 2.60. The van der Waals surface area contributed by atoms with Gasteiger partial charge in [0.15, 0.2) is 0 Å². The molecule has 0 bridgehead atoms. The molecule has 0 saturated carbocycles. The van der Waals surface area contributed by atoms with Crippen molar-refractivity contribution in [2.45, 2.75) is 51.5 Å². The monoisotopic (exact) mass is 278 g/mol. The van der Waals surface area contributed by atoms with Crippen LogP contribution in [0, 0.1) is 0 Å². The van der Waals surface area contributed by atoms with Crippen molar-refractivity contribution >= 4 is 10.2 Å². The minimum atomic E-state index is -3.41. The zero-order chi connectivity index (χ0) is 13.6. The quantitative estimate of drug-likeness (QED) is 0.794. The minimum Gasteiger partial charge on any atom is -0.395 e. The standard InChI is InChI=1S/C12H26N2O3S/c1-3-4-9-13(2)18(16,17)14-10-7-5-6-8-12(14)11-15/h12,15H,3-11H2,1-2H3. The second kappa shape index (κ2) is 7.43. The maximum atomic E-state index is 12.5. The van der Waals surface area contributed by atoms with E-state index >= 15 is 0 Å².